The Bertz CT molecular complexity index is 738. The van der Waals surface area contributed by atoms with Crippen LogP contribution in [0.4, 0.5) is 0 Å². The highest BCUT2D eigenvalue weighted by atomic mass is 16.3. The first-order chi connectivity index (χ1) is 15.4. The van der Waals surface area contributed by atoms with Gasteiger partial charge in [0.15, 0.2) is 0 Å². The molecule has 0 aliphatic heterocycles. The molecule has 6 nitrogen and oxygen atoms in total. The lowest BCUT2D eigenvalue weighted by atomic mass is 9.43. The molecule has 0 aromatic carbocycles. The second kappa shape index (κ2) is 8.86. The zero-order valence-electron chi connectivity index (χ0n) is 20.8. The molecule has 13 atom stereocenters. The molecule has 0 aromatic heterocycles. The van der Waals surface area contributed by atoms with E-state index in [1.165, 1.54) is 0 Å². The van der Waals surface area contributed by atoms with Gasteiger partial charge in [0.1, 0.15) is 0 Å². The van der Waals surface area contributed by atoms with Crippen molar-refractivity contribution in [2.45, 2.75) is 103 Å². The maximum atomic E-state index is 11.5. The predicted molar refractivity (Wildman–Crippen MR) is 126 cm³/mol. The second-order valence-corrected chi connectivity index (χ2v) is 12.8. The number of allylic oxidation sites excluding steroid dienone is 1. The lowest BCUT2D eigenvalue weighted by molar-refractivity contribution is -0.184. The molecule has 0 bridgehead atoms. The van der Waals surface area contributed by atoms with Gasteiger partial charge in [-0.1, -0.05) is 32.9 Å². The van der Waals surface area contributed by atoms with Crippen molar-refractivity contribution in [3.63, 3.8) is 0 Å². The van der Waals surface area contributed by atoms with Crippen LogP contribution in [0.1, 0.15) is 72.6 Å². The van der Waals surface area contributed by atoms with Crippen molar-refractivity contribution in [1.82, 2.24) is 0 Å². The molecule has 13 unspecified atom stereocenters. The van der Waals surface area contributed by atoms with Crippen molar-refractivity contribution in [2.24, 2.45) is 46.3 Å². The second-order valence-electron chi connectivity index (χ2n) is 12.8. The number of hydrogen-bond acceptors (Lipinski definition) is 6. The Morgan fingerprint density at radius 3 is 2.30 bits per heavy atom. The molecule has 33 heavy (non-hydrogen) atoms. The first kappa shape index (κ1) is 25.6. The van der Waals surface area contributed by atoms with Crippen LogP contribution in [0.2, 0.25) is 0 Å². The van der Waals surface area contributed by atoms with Crippen LogP contribution in [0.25, 0.3) is 0 Å². The van der Waals surface area contributed by atoms with E-state index in [0.29, 0.717) is 25.2 Å². The Morgan fingerprint density at radius 2 is 1.64 bits per heavy atom. The Balaban J connectivity index is 1.63. The van der Waals surface area contributed by atoms with Gasteiger partial charge in [0.2, 0.25) is 0 Å². The minimum absolute atomic E-state index is 0.0747. The molecular formula is C27H46O6. The summed E-state index contributed by atoms with van der Waals surface area (Å²) in [4.78, 5) is 0. The summed E-state index contributed by atoms with van der Waals surface area (Å²) in [6, 6.07) is 0. The molecule has 190 valence electrons. The summed E-state index contributed by atoms with van der Waals surface area (Å²) in [7, 11) is 0. The molecule has 0 aromatic rings. The lowest BCUT2D eigenvalue weighted by Gasteiger charge is -2.62. The molecule has 4 aliphatic rings. The van der Waals surface area contributed by atoms with Gasteiger partial charge in [-0.3, -0.25) is 0 Å². The molecule has 0 spiro atoms. The van der Waals surface area contributed by atoms with Crippen LogP contribution in [0.5, 0.6) is 0 Å². The number of hydrogen-bond donors (Lipinski definition) is 6. The van der Waals surface area contributed by atoms with Crippen LogP contribution in [0.3, 0.4) is 0 Å². The summed E-state index contributed by atoms with van der Waals surface area (Å²) in [5.74, 6) is -0.108. The third-order valence-electron chi connectivity index (χ3n) is 10.7. The van der Waals surface area contributed by atoms with Gasteiger partial charge in [0.25, 0.3) is 0 Å². The highest BCUT2D eigenvalue weighted by Gasteiger charge is 2.68. The van der Waals surface area contributed by atoms with E-state index in [9.17, 15) is 30.6 Å². The molecule has 4 rings (SSSR count). The maximum absolute atomic E-state index is 11.5. The van der Waals surface area contributed by atoms with Crippen LogP contribution < -0.4 is 0 Å². The number of aliphatic hydroxyl groups is 6. The largest absolute Gasteiger partial charge is 0.396 e. The van der Waals surface area contributed by atoms with E-state index in [1.54, 1.807) is 13.0 Å². The fourth-order valence-electron chi connectivity index (χ4n) is 9.10. The van der Waals surface area contributed by atoms with E-state index < -0.39 is 35.2 Å². The minimum atomic E-state index is -1.29. The average molecular weight is 467 g/mol. The van der Waals surface area contributed by atoms with E-state index in [2.05, 4.69) is 13.8 Å². The zero-order chi connectivity index (χ0) is 24.3. The van der Waals surface area contributed by atoms with Crippen molar-refractivity contribution in [3.8, 4) is 0 Å². The lowest BCUT2D eigenvalue weighted by Crippen LogP contribution is -2.59. The van der Waals surface area contributed by atoms with E-state index >= 15 is 0 Å². The van der Waals surface area contributed by atoms with Gasteiger partial charge in [-0.25, -0.2) is 0 Å². The summed E-state index contributed by atoms with van der Waals surface area (Å²) in [6.45, 7) is 8.13. The van der Waals surface area contributed by atoms with Gasteiger partial charge in [0.05, 0.1) is 30.0 Å². The van der Waals surface area contributed by atoms with Gasteiger partial charge in [-0.15, -0.1) is 0 Å². The molecule has 4 fully saturated rings. The first-order valence-corrected chi connectivity index (χ1v) is 13.1. The van der Waals surface area contributed by atoms with Gasteiger partial charge in [0, 0.05) is 12.5 Å². The van der Waals surface area contributed by atoms with Crippen molar-refractivity contribution in [1.29, 1.82) is 0 Å². The van der Waals surface area contributed by atoms with Gasteiger partial charge in [-0.2, -0.15) is 0 Å². The molecule has 0 radical (unpaired) electrons. The molecule has 4 aliphatic carbocycles. The fourth-order valence-corrected chi connectivity index (χ4v) is 9.10. The number of rotatable bonds is 5. The Labute approximate surface area is 198 Å². The Morgan fingerprint density at radius 1 is 0.970 bits per heavy atom. The van der Waals surface area contributed by atoms with Gasteiger partial charge in [-0.05, 0) is 92.3 Å². The highest BCUT2D eigenvalue weighted by Crippen LogP contribution is 2.68. The van der Waals surface area contributed by atoms with Crippen LogP contribution in [0, 0.1) is 46.3 Å². The van der Waals surface area contributed by atoms with Gasteiger partial charge < -0.3 is 30.6 Å². The quantitative estimate of drug-likeness (QED) is 0.346. The highest BCUT2D eigenvalue weighted by molar-refractivity contribution is 5.20. The normalized spacial score (nSPS) is 52.6. The molecule has 0 amide bonds. The van der Waals surface area contributed by atoms with Crippen molar-refractivity contribution in [3.05, 3.63) is 12.2 Å². The van der Waals surface area contributed by atoms with Crippen molar-refractivity contribution < 1.29 is 30.6 Å². The third kappa shape index (κ3) is 4.03. The van der Waals surface area contributed by atoms with Crippen LogP contribution in [-0.2, 0) is 0 Å². The summed E-state index contributed by atoms with van der Waals surface area (Å²) < 4.78 is 0. The maximum Gasteiger partial charge on any atom is 0.0866 e. The Kier molecular flexibility index (Phi) is 6.87. The van der Waals surface area contributed by atoms with Gasteiger partial charge >= 0.3 is 0 Å². The van der Waals surface area contributed by atoms with E-state index in [0.717, 1.165) is 25.7 Å². The summed E-state index contributed by atoms with van der Waals surface area (Å²) in [6.07, 6.45) is 6.05. The number of fused-ring (bicyclic) bond motifs is 5. The van der Waals surface area contributed by atoms with E-state index in [1.807, 2.05) is 13.0 Å². The molecule has 6 heteroatoms. The fraction of sp³-hybridized carbons (Fsp3) is 0.926. The monoisotopic (exact) mass is 466 g/mol. The topological polar surface area (TPSA) is 121 Å². The standard InChI is InChI=1S/C27H46O6/c1-15(14-28)6-5-9-27(4,33)24-23(32)22(31)21-17-13-20(30)19-12-16(29)7-10-25(19,2)18(17)8-11-26(21,24)3/h5,9,15-24,28-33H,6-8,10-14H2,1-4H3. The van der Waals surface area contributed by atoms with Crippen LogP contribution in [-0.4, -0.2) is 67.3 Å². The minimum Gasteiger partial charge on any atom is -0.396 e. The van der Waals surface area contributed by atoms with Crippen LogP contribution in [0.15, 0.2) is 12.2 Å². The number of aliphatic hydroxyl groups excluding tert-OH is 5. The average Bonchev–Trinajstić information content (AvgIpc) is 2.95. The molecule has 0 heterocycles. The Hall–Kier alpha value is -0.500. The van der Waals surface area contributed by atoms with E-state index in [-0.39, 0.29) is 41.8 Å². The summed E-state index contributed by atoms with van der Waals surface area (Å²) >= 11 is 0. The molecule has 0 saturated heterocycles. The molecular weight excluding hydrogens is 420 g/mol. The predicted octanol–water partition coefficient (Wildman–Crippen LogP) is 2.24. The molecule has 6 N–H and O–H groups in total. The van der Waals surface area contributed by atoms with Crippen molar-refractivity contribution >= 4 is 0 Å². The first-order valence-electron chi connectivity index (χ1n) is 13.1. The molecule has 4 saturated carbocycles. The third-order valence-corrected chi connectivity index (χ3v) is 10.7. The van der Waals surface area contributed by atoms with E-state index in [4.69, 9.17) is 0 Å². The summed E-state index contributed by atoms with van der Waals surface area (Å²) in [5, 5.41) is 64.8. The zero-order valence-corrected chi connectivity index (χ0v) is 20.8. The summed E-state index contributed by atoms with van der Waals surface area (Å²) in [5.41, 5.74) is -1.82. The van der Waals surface area contributed by atoms with Crippen molar-refractivity contribution in [2.75, 3.05) is 6.61 Å². The smallest absolute Gasteiger partial charge is 0.0866 e. The SMILES string of the molecule is CC(CO)CC=CC(C)(O)C1C(O)C(O)C2C3CC(O)C4CC(O)CCC4(C)C3CCC21C. The van der Waals surface area contributed by atoms with Crippen LogP contribution >= 0.6 is 0 Å².